The molecule has 0 aromatic carbocycles. The third-order valence-electron chi connectivity index (χ3n) is 9.77. The second-order valence-electron chi connectivity index (χ2n) is 14.7. The van der Waals surface area contributed by atoms with Crippen molar-refractivity contribution in [2.45, 2.75) is 204 Å². The molecule has 14 heteroatoms. The topological polar surface area (TPSA) is 212 Å². The van der Waals surface area contributed by atoms with Gasteiger partial charge in [-0.1, -0.05) is 140 Å². The monoisotopic (exact) mass is 806 g/mol. The van der Waals surface area contributed by atoms with Crippen LogP contribution in [0.15, 0.2) is 36.5 Å². The van der Waals surface area contributed by atoms with Crippen molar-refractivity contribution in [3.05, 3.63) is 36.5 Å². The Morgan fingerprint density at radius 3 is 1.82 bits per heavy atom. The van der Waals surface area contributed by atoms with Crippen LogP contribution in [0.3, 0.4) is 0 Å². The van der Waals surface area contributed by atoms with Gasteiger partial charge in [-0.05, 0) is 51.4 Å². The van der Waals surface area contributed by atoms with Crippen LogP contribution in [0.4, 0.5) is 0 Å². The van der Waals surface area contributed by atoms with Gasteiger partial charge in [0, 0.05) is 0 Å². The van der Waals surface area contributed by atoms with Gasteiger partial charge in [-0.2, -0.15) is 8.42 Å². The quantitative estimate of drug-likeness (QED) is 0.0223. The summed E-state index contributed by atoms with van der Waals surface area (Å²) in [5, 5.41) is 54.9. The zero-order valence-electron chi connectivity index (χ0n) is 33.6. The summed E-state index contributed by atoms with van der Waals surface area (Å²) in [7, 11) is -5.11. The maximum Gasteiger partial charge on any atom is 0.397 e. The minimum Gasteiger partial charge on any atom is -0.394 e. The van der Waals surface area contributed by atoms with Crippen molar-refractivity contribution < 1.29 is 57.0 Å². The highest BCUT2D eigenvalue weighted by Gasteiger charge is 2.48. The highest BCUT2D eigenvalue weighted by Crippen LogP contribution is 2.26. The van der Waals surface area contributed by atoms with E-state index in [9.17, 15) is 38.7 Å². The molecule has 1 heterocycles. The lowest BCUT2D eigenvalue weighted by atomic mass is 9.99. The molecule has 13 nitrogen and oxygen atoms in total. The van der Waals surface area contributed by atoms with Crippen LogP contribution < -0.4 is 5.32 Å². The van der Waals surface area contributed by atoms with Crippen LogP contribution in [-0.4, -0.2) is 107 Å². The molecule has 0 aromatic rings. The van der Waals surface area contributed by atoms with Gasteiger partial charge in [0.15, 0.2) is 6.29 Å². The van der Waals surface area contributed by atoms with E-state index in [4.69, 9.17) is 14.0 Å². The number of hydrogen-bond donors (Lipinski definition) is 7. The number of allylic oxidation sites excluding steroid dienone is 5. The molecule has 1 aliphatic rings. The molecule has 55 heavy (non-hydrogen) atoms. The Morgan fingerprint density at radius 1 is 0.745 bits per heavy atom. The number of hydrogen-bond acceptors (Lipinski definition) is 11. The Hall–Kier alpha value is -1.72. The van der Waals surface area contributed by atoms with Crippen LogP contribution in [0, 0.1) is 0 Å². The van der Waals surface area contributed by atoms with Gasteiger partial charge in [0.1, 0.15) is 30.5 Å². The number of amides is 1. The normalized spacial score (nSPS) is 22.5. The lowest BCUT2D eigenvalue weighted by Gasteiger charge is -2.41. The van der Waals surface area contributed by atoms with E-state index in [1.165, 1.54) is 57.4 Å². The molecule has 1 aliphatic heterocycles. The summed E-state index contributed by atoms with van der Waals surface area (Å²) < 4.78 is 47.3. The Bertz CT molecular complexity index is 1150. The molecule has 1 fully saturated rings. The lowest BCUT2D eigenvalue weighted by Crippen LogP contribution is -2.61. The van der Waals surface area contributed by atoms with Gasteiger partial charge in [-0.3, -0.25) is 9.35 Å². The molecule has 8 atom stereocenters. The van der Waals surface area contributed by atoms with Crippen LogP contribution in [0.1, 0.15) is 155 Å². The molecule has 0 spiro atoms. The van der Waals surface area contributed by atoms with Crippen molar-refractivity contribution in [1.82, 2.24) is 5.32 Å². The van der Waals surface area contributed by atoms with Gasteiger partial charge in [-0.25, -0.2) is 4.18 Å². The van der Waals surface area contributed by atoms with E-state index in [1.807, 2.05) is 6.08 Å². The lowest BCUT2D eigenvalue weighted by molar-refractivity contribution is -0.298. The molecule has 0 bridgehead atoms. The molecule has 1 amide bonds. The van der Waals surface area contributed by atoms with Gasteiger partial charge in [-0.15, -0.1) is 0 Å². The number of nitrogens with one attached hydrogen (secondary N) is 1. The second-order valence-corrected chi connectivity index (χ2v) is 15.8. The van der Waals surface area contributed by atoms with Crippen LogP contribution in [-0.2, 0) is 28.9 Å². The maximum atomic E-state index is 13.0. The zero-order chi connectivity index (χ0) is 40.7. The number of carbonyl (C=O) groups is 1. The van der Waals surface area contributed by atoms with Crippen molar-refractivity contribution in [1.29, 1.82) is 0 Å². The molecule has 7 N–H and O–H groups in total. The summed E-state index contributed by atoms with van der Waals surface area (Å²) in [4.78, 5) is 13.0. The summed E-state index contributed by atoms with van der Waals surface area (Å²) in [6.07, 6.45) is 23.8. The largest absolute Gasteiger partial charge is 0.397 e. The summed E-state index contributed by atoms with van der Waals surface area (Å²) in [5.74, 6) is -0.715. The van der Waals surface area contributed by atoms with E-state index in [-0.39, 0.29) is 6.42 Å². The summed E-state index contributed by atoms with van der Waals surface area (Å²) in [6, 6.07) is -1.12. The van der Waals surface area contributed by atoms with Gasteiger partial charge >= 0.3 is 10.4 Å². The van der Waals surface area contributed by atoms with E-state index >= 15 is 0 Å². The number of ether oxygens (including phenoxy) is 2. The third kappa shape index (κ3) is 25.3. The maximum absolute atomic E-state index is 13.0. The molecule has 0 saturated carbocycles. The molecule has 0 aromatic heterocycles. The standard InChI is InChI=1S/C41H75NO12S/c1-3-5-7-9-11-13-15-16-17-18-19-20-22-24-26-28-30-35(45)40(48)42-33(34(44)29-27-25-23-21-14-12-10-8-6-4-2)32-52-41-38(47)39(54-55(49,50)51)37(46)36(31-43)53-41/h11,13,16-17,27,29,33-39,41,43-47H,3-10,12,14-15,18-26,28,30-32H2,1-2H3,(H,42,48)(H,49,50,51)/b13-11-,17-16-,29-27+. The average Bonchev–Trinajstić information content (AvgIpc) is 3.15. The number of aliphatic hydroxyl groups excluding tert-OH is 5. The highest BCUT2D eigenvalue weighted by molar-refractivity contribution is 7.80. The second kappa shape index (κ2) is 32.3. The Morgan fingerprint density at radius 2 is 1.25 bits per heavy atom. The molecule has 8 unspecified atom stereocenters. The molecule has 0 aliphatic carbocycles. The predicted molar refractivity (Wildman–Crippen MR) is 214 cm³/mol. The van der Waals surface area contributed by atoms with E-state index in [1.54, 1.807) is 0 Å². The van der Waals surface area contributed by atoms with Gasteiger partial charge < -0.3 is 40.3 Å². The Labute approximate surface area is 331 Å². The van der Waals surface area contributed by atoms with Gasteiger partial charge in [0.2, 0.25) is 5.91 Å². The first-order valence-corrected chi connectivity index (χ1v) is 22.3. The van der Waals surface area contributed by atoms with Crippen molar-refractivity contribution in [2.75, 3.05) is 13.2 Å². The zero-order valence-corrected chi connectivity index (χ0v) is 34.4. The van der Waals surface area contributed by atoms with Crippen molar-refractivity contribution in [3.8, 4) is 0 Å². The van der Waals surface area contributed by atoms with E-state index in [0.29, 0.717) is 12.8 Å². The van der Waals surface area contributed by atoms with Gasteiger partial charge in [0.05, 0.1) is 25.4 Å². The number of unbranched alkanes of at least 4 members (excludes halogenated alkanes) is 17. The molecular formula is C41H75NO12S. The summed E-state index contributed by atoms with van der Waals surface area (Å²) in [5.41, 5.74) is 0. The third-order valence-corrected chi connectivity index (χ3v) is 10.2. The molecule has 1 rings (SSSR count). The van der Waals surface area contributed by atoms with Crippen LogP contribution in [0.5, 0.6) is 0 Å². The highest BCUT2D eigenvalue weighted by atomic mass is 32.3. The van der Waals surface area contributed by atoms with E-state index in [2.05, 4.69) is 47.7 Å². The smallest absolute Gasteiger partial charge is 0.394 e. The SMILES string of the molecule is CCCCC/C=C\C/C=C\CCCCCCCCC(O)C(=O)NC(COC1OC(CO)C(O)C(OS(=O)(=O)O)C1O)C(O)/C=C/CCCCCCCCCC. The van der Waals surface area contributed by atoms with Gasteiger partial charge in [0.25, 0.3) is 0 Å². The Balaban J connectivity index is 2.63. The number of carbonyl (C=O) groups excluding carboxylic acids is 1. The van der Waals surface area contributed by atoms with Crippen molar-refractivity contribution >= 4 is 16.3 Å². The predicted octanol–water partition coefficient (Wildman–Crippen LogP) is 6.13. The minimum atomic E-state index is -5.11. The first-order valence-electron chi connectivity index (χ1n) is 21.0. The summed E-state index contributed by atoms with van der Waals surface area (Å²) >= 11 is 0. The Kier molecular flexibility index (Phi) is 30.1. The number of aliphatic hydroxyl groups is 5. The van der Waals surface area contributed by atoms with Crippen LogP contribution >= 0.6 is 0 Å². The van der Waals surface area contributed by atoms with E-state index in [0.717, 1.165) is 70.6 Å². The first-order chi connectivity index (χ1) is 26.4. The van der Waals surface area contributed by atoms with Crippen molar-refractivity contribution in [3.63, 3.8) is 0 Å². The fourth-order valence-corrected chi connectivity index (χ4v) is 6.88. The van der Waals surface area contributed by atoms with E-state index < -0.39 is 78.5 Å². The first kappa shape index (κ1) is 51.3. The minimum absolute atomic E-state index is 0.230. The number of rotatable bonds is 34. The van der Waals surface area contributed by atoms with Crippen molar-refractivity contribution in [2.24, 2.45) is 0 Å². The van der Waals surface area contributed by atoms with Crippen LogP contribution in [0.2, 0.25) is 0 Å². The molecular weight excluding hydrogens is 731 g/mol. The molecule has 1 saturated heterocycles. The molecule has 322 valence electrons. The van der Waals surface area contributed by atoms with Crippen LogP contribution in [0.25, 0.3) is 0 Å². The fraction of sp³-hybridized carbons (Fsp3) is 0.829. The molecule has 0 radical (unpaired) electrons. The average molecular weight is 806 g/mol. The fourth-order valence-electron chi connectivity index (χ4n) is 6.37. The summed E-state index contributed by atoms with van der Waals surface area (Å²) in [6.45, 7) is 3.13.